The lowest BCUT2D eigenvalue weighted by Gasteiger charge is -2.19. The number of halogens is 2. The average molecular weight is 377 g/mol. The van der Waals surface area contributed by atoms with E-state index in [1.807, 2.05) is 18.2 Å². The van der Waals surface area contributed by atoms with E-state index in [1.54, 1.807) is 6.92 Å². The highest BCUT2D eigenvalue weighted by Crippen LogP contribution is 2.23. The van der Waals surface area contributed by atoms with Gasteiger partial charge in [-0.15, -0.1) is 24.8 Å². The minimum absolute atomic E-state index is 0. The zero-order valence-corrected chi connectivity index (χ0v) is 15.4. The Labute approximate surface area is 155 Å². The van der Waals surface area contributed by atoms with E-state index in [0.717, 1.165) is 24.5 Å². The summed E-state index contributed by atoms with van der Waals surface area (Å²) in [5, 5.41) is 5.55. The zero-order chi connectivity index (χ0) is 15.9. The van der Waals surface area contributed by atoms with Gasteiger partial charge >= 0.3 is 0 Å². The molecule has 1 aromatic carbocycles. The van der Waals surface area contributed by atoms with Crippen LogP contribution in [0.3, 0.4) is 0 Å². The van der Waals surface area contributed by atoms with E-state index in [-0.39, 0.29) is 55.6 Å². The number of hydrogen-bond donors (Lipinski definition) is 3. The summed E-state index contributed by atoms with van der Waals surface area (Å²) in [4.78, 5) is 25.5. The molecule has 1 aliphatic rings. The summed E-state index contributed by atoms with van der Waals surface area (Å²) >= 11 is 0. The number of carbonyl (C=O) groups is 2. The minimum Gasteiger partial charge on any atom is -0.371 e. The first kappa shape index (κ1) is 22.5. The fourth-order valence-electron chi connectivity index (χ4n) is 2.63. The van der Waals surface area contributed by atoms with Crippen LogP contribution in [0.5, 0.6) is 0 Å². The molecule has 1 unspecified atom stereocenters. The van der Waals surface area contributed by atoms with Crippen LogP contribution in [0.1, 0.15) is 26.2 Å². The molecule has 2 amide bonds. The van der Waals surface area contributed by atoms with Crippen molar-refractivity contribution in [3.8, 4) is 0 Å². The fourth-order valence-corrected chi connectivity index (χ4v) is 2.63. The number of carbonyl (C=O) groups excluding carboxylic acids is 2. The van der Waals surface area contributed by atoms with Crippen molar-refractivity contribution >= 4 is 48.0 Å². The Kier molecular flexibility index (Phi) is 10.4. The van der Waals surface area contributed by atoms with Crippen LogP contribution in [-0.2, 0) is 9.59 Å². The summed E-state index contributed by atoms with van der Waals surface area (Å²) in [6.07, 6.45) is 2.66. The molecule has 4 N–H and O–H groups in total. The van der Waals surface area contributed by atoms with Gasteiger partial charge < -0.3 is 21.3 Å². The maximum absolute atomic E-state index is 12.0. The van der Waals surface area contributed by atoms with Gasteiger partial charge in [0.1, 0.15) is 0 Å². The summed E-state index contributed by atoms with van der Waals surface area (Å²) in [6.45, 7) is 3.86. The SMILES string of the molecule is CC(CC(=O)Nc1cccc(N2CCCC2)c1)NC(=O)CN.Cl.Cl. The van der Waals surface area contributed by atoms with Crippen molar-refractivity contribution < 1.29 is 9.59 Å². The number of anilines is 2. The molecule has 0 radical (unpaired) electrons. The van der Waals surface area contributed by atoms with E-state index in [0.29, 0.717) is 0 Å². The van der Waals surface area contributed by atoms with Crippen LogP contribution in [0.2, 0.25) is 0 Å². The van der Waals surface area contributed by atoms with E-state index < -0.39 is 0 Å². The van der Waals surface area contributed by atoms with E-state index in [1.165, 1.54) is 12.8 Å². The summed E-state index contributed by atoms with van der Waals surface area (Å²) < 4.78 is 0. The van der Waals surface area contributed by atoms with E-state index >= 15 is 0 Å². The predicted octanol–water partition coefficient (Wildman–Crippen LogP) is 1.92. The van der Waals surface area contributed by atoms with E-state index in [2.05, 4.69) is 21.6 Å². The highest BCUT2D eigenvalue weighted by atomic mass is 35.5. The molecular formula is C16H26Cl2N4O2. The highest BCUT2D eigenvalue weighted by Gasteiger charge is 2.14. The Morgan fingerprint density at radius 1 is 1.21 bits per heavy atom. The largest absolute Gasteiger partial charge is 0.371 e. The molecule has 2 rings (SSSR count). The number of nitrogens with two attached hydrogens (primary N) is 1. The van der Waals surface area contributed by atoms with Gasteiger partial charge in [-0.05, 0) is 38.0 Å². The summed E-state index contributed by atoms with van der Waals surface area (Å²) in [5.41, 5.74) is 7.16. The number of nitrogens with zero attached hydrogens (tertiary/aromatic N) is 1. The Hall–Kier alpha value is -1.50. The second kappa shape index (κ2) is 11.1. The van der Waals surface area contributed by atoms with Crippen molar-refractivity contribution in [1.82, 2.24) is 5.32 Å². The third-order valence-corrected chi connectivity index (χ3v) is 3.69. The van der Waals surface area contributed by atoms with Crippen molar-refractivity contribution in [3.63, 3.8) is 0 Å². The number of rotatable bonds is 6. The molecule has 1 fully saturated rings. The minimum atomic E-state index is -0.253. The van der Waals surface area contributed by atoms with Crippen LogP contribution in [-0.4, -0.2) is 37.5 Å². The van der Waals surface area contributed by atoms with E-state index in [9.17, 15) is 9.59 Å². The Morgan fingerprint density at radius 2 is 1.88 bits per heavy atom. The number of nitrogens with one attached hydrogen (secondary N) is 2. The van der Waals surface area contributed by atoms with Gasteiger partial charge in [-0.25, -0.2) is 0 Å². The second-order valence-electron chi connectivity index (χ2n) is 5.67. The zero-order valence-electron chi connectivity index (χ0n) is 13.8. The molecule has 0 spiro atoms. The van der Waals surface area contributed by atoms with Crippen molar-refractivity contribution in [3.05, 3.63) is 24.3 Å². The van der Waals surface area contributed by atoms with Crippen LogP contribution in [0, 0.1) is 0 Å². The quantitative estimate of drug-likeness (QED) is 0.707. The van der Waals surface area contributed by atoms with Crippen molar-refractivity contribution in [2.75, 3.05) is 29.9 Å². The molecule has 8 heteroatoms. The number of benzene rings is 1. The lowest BCUT2D eigenvalue weighted by Crippen LogP contribution is -2.39. The van der Waals surface area contributed by atoms with Gasteiger partial charge in [-0.2, -0.15) is 0 Å². The number of hydrogen-bond acceptors (Lipinski definition) is 4. The van der Waals surface area contributed by atoms with Crippen molar-refractivity contribution in [1.29, 1.82) is 0 Å². The molecule has 24 heavy (non-hydrogen) atoms. The molecule has 0 saturated carbocycles. The van der Waals surface area contributed by atoms with Crippen LogP contribution in [0.15, 0.2) is 24.3 Å². The Balaban J connectivity index is 0.00000264. The average Bonchev–Trinajstić information content (AvgIpc) is 3.01. The van der Waals surface area contributed by atoms with Gasteiger partial charge in [-0.1, -0.05) is 6.07 Å². The fraction of sp³-hybridized carbons (Fsp3) is 0.500. The Morgan fingerprint density at radius 3 is 2.50 bits per heavy atom. The van der Waals surface area contributed by atoms with Crippen molar-refractivity contribution in [2.24, 2.45) is 5.73 Å². The van der Waals surface area contributed by atoms with Crippen LogP contribution < -0.4 is 21.3 Å². The Bertz CT molecular complexity index is 537. The van der Waals surface area contributed by atoms with Crippen LogP contribution in [0.25, 0.3) is 0 Å². The van der Waals surface area contributed by atoms with Gasteiger partial charge in [0.05, 0.1) is 6.54 Å². The van der Waals surface area contributed by atoms with Gasteiger partial charge in [-0.3, -0.25) is 9.59 Å². The lowest BCUT2D eigenvalue weighted by atomic mass is 10.2. The maximum Gasteiger partial charge on any atom is 0.233 e. The van der Waals surface area contributed by atoms with Gasteiger partial charge in [0.25, 0.3) is 0 Å². The topological polar surface area (TPSA) is 87.5 Å². The van der Waals surface area contributed by atoms with E-state index in [4.69, 9.17) is 5.73 Å². The number of amides is 2. The first-order chi connectivity index (χ1) is 10.6. The molecule has 1 saturated heterocycles. The molecule has 6 nitrogen and oxygen atoms in total. The van der Waals surface area contributed by atoms with Crippen LogP contribution >= 0.6 is 24.8 Å². The summed E-state index contributed by atoms with van der Waals surface area (Å²) in [7, 11) is 0. The molecule has 0 bridgehead atoms. The molecular weight excluding hydrogens is 351 g/mol. The lowest BCUT2D eigenvalue weighted by molar-refractivity contribution is -0.120. The first-order valence-electron chi connectivity index (χ1n) is 7.73. The molecule has 1 atom stereocenters. The first-order valence-corrected chi connectivity index (χ1v) is 7.73. The molecule has 0 aliphatic carbocycles. The molecule has 136 valence electrons. The standard InChI is InChI=1S/C16H24N4O2.2ClH/c1-12(18-16(22)11-17)9-15(21)19-13-5-4-6-14(10-13)20-7-2-3-8-20;;/h4-6,10,12H,2-3,7-9,11,17H2,1H3,(H,18,22)(H,19,21);2*1H. The van der Waals surface area contributed by atoms with Gasteiger partial charge in [0.2, 0.25) is 11.8 Å². The molecule has 1 heterocycles. The van der Waals surface area contributed by atoms with Gasteiger partial charge in [0.15, 0.2) is 0 Å². The molecule has 1 aliphatic heterocycles. The highest BCUT2D eigenvalue weighted by molar-refractivity contribution is 5.92. The smallest absolute Gasteiger partial charge is 0.233 e. The third-order valence-electron chi connectivity index (χ3n) is 3.69. The maximum atomic E-state index is 12.0. The predicted molar refractivity (Wildman–Crippen MR) is 102 cm³/mol. The molecule has 1 aromatic rings. The summed E-state index contributed by atoms with van der Waals surface area (Å²) in [6, 6.07) is 7.64. The van der Waals surface area contributed by atoms with Gasteiger partial charge in [0, 0.05) is 36.9 Å². The third kappa shape index (κ3) is 6.95. The normalized spacial score (nSPS) is 14.2. The van der Waals surface area contributed by atoms with Crippen molar-refractivity contribution in [2.45, 2.75) is 32.2 Å². The van der Waals surface area contributed by atoms with Crippen LogP contribution in [0.4, 0.5) is 11.4 Å². The molecule has 0 aromatic heterocycles. The monoisotopic (exact) mass is 376 g/mol. The second-order valence-corrected chi connectivity index (χ2v) is 5.67. The summed E-state index contributed by atoms with van der Waals surface area (Å²) in [5.74, 6) is -0.375.